The Kier molecular flexibility index (Phi) is 11.3. The van der Waals surface area contributed by atoms with Crippen molar-refractivity contribution in [2.75, 3.05) is 18.9 Å². The first-order valence-electron chi connectivity index (χ1n) is 13.4. The summed E-state index contributed by atoms with van der Waals surface area (Å²) >= 11 is 0. The number of hydrogen-bond donors (Lipinski definition) is 6. The molecule has 0 radical (unpaired) electrons. The predicted molar refractivity (Wildman–Crippen MR) is 173 cm³/mol. The Hall–Kier alpha value is -4.50. The number of nitrogens with two attached hydrogens (primary N) is 1. The second kappa shape index (κ2) is 14.8. The van der Waals surface area contributed by atoms with Gasteiger partial charge in [-0.1, -0.05) is 24.3 Å². The van der Waals surface area contributed by atoms with E-state index in [-0.39, 0.29) is 42.8 Å². The van der Waals surface area contributed by atoms with E-state index in [1.807, 2.05) is 0 Å². The van der Waals surface area contributed by atoms with Gasteiger partial charge in [0.15, 0.2) is 5.75 Å². The second-order valence-electron chi connectivity index (χ2n) is 9.99. The minimum absolute atomic E-state index is 0.0699. The second-order valence-corrected chi connectivity index (χ2v) is 15.0. The lowest BCUT2D eigenvalue weighted by Gasteiger charge is -2.14. The number of rotatable bonds is 14. The highest BCUT2D eigenvalue weighted by Crippen LogP contribution is 2.48. The van der Waals surface area contributed by atoms with Crippen LogP contribution in [0.3, 0.4) is 0 Å². The molecular formula is C26H25N5O15S4. The van der Waals surface area contributed by atoms with Crippen molar-refractivity contribution in [3.05, 3.63) is 71.8 Å². The molecule has 20 nitrogen and oxygen atoms in total. The third-order valence-corrected chi connectivity index (χ3v) is 9.18. The summed E-state index contributed by atoms with van der Waals surface area (Å²) in [5, 5.41) is 25.7. The van der Waals surface area contributed by atoms with Crippen LogP contribution in [0.15, 0.2) is 90.9 Å². The molecule has 0 unspecified atom stereocenters. The summed E-state index contributed by atoms with van der Waals surface area (Å²) in [6.07, 6.45) is 0.146. The molecule has 4 aromatic carbocycles. The molecule has 0 amide bonds. The Bertz CT molecular complexity index is 2270. The van der Waals surface area contributed by atoms with Gasteiger partial charge >= 0.3 is 20.8 Å². The lowest BCUT2D eigenvalue weighted by molar-refractivity contribution is 0.270. The quantitative estimate of drug-likeness (QED) is 0.0594. The van der Waals surface area contributed by atoms with Crippen LogP contribution in [0.4, 0.5) is 28.4 Å². The number of nitrogens with zero attached hydrogens (tertiary/aromatic N) is 4. The first-order valence-corrected chi connectivity index (χ1v) is 19.1. The predicted octanol–water partition coefficient (Wildman–Crippen LogP) is 4.18. The molecule has 0 aromatic heterocycles. The molecule has 0 fully saturated rings. The third-order valence-electron chi connectivity index (χ3n) is 6.52. The van der Waals surface area contributed by atoms with Crippen molar-refractivity contribution >= 4 is 80.2 Å². The summed E-state index contributed by atoms with van der Waals surface area (Å²) in [6, 6.07) is 12.9. The molecule has 0 spiro atoms. The van der Waals surface area contributed by atoms with Crippen molar-refractivity contribution in [3.63, 3.8) is 0 Å². The molecule has 4 rings (SSSR count). The lowest BCUT2D eigenvalue weighted by Crippen LogP contribution is -2.06. The van der Waals surface area contributed by atoms with E-state index in [0.29, 0.717) is 11.1 Å². The topological polar surface area (TPSA) is 332 Å². The number of azo groups is 2. The Morgan fingerprint density at radius 2 is 0.960 bits per heavy atom. The summed E-state index contributed by atoms with van der Waals surface area (Å²) < 4.78 is 138. The average molecular weight is 776 g/mol. The molecule has 0 aliphatic rings. The van der Waals surface area contributed by atoms with Crippen LogP contribution in [0.25, 0.3) is 10.8 Å². The van der Waals surface area contributed by atoms with Gasteiger partial charge in [-0.15, -0.1) is 10.2 Å². The Balaban J connectivity index is 1.75. The van der Waals surface area contributed by atoms with E-state index in [9.17, 15) is 47.9 Å². The standard InChI is InChI=1S/C26H25N5O15S4/c27-23-22-17(13-20(47(33,34)35)24(23)30-28-18-5-1-15(2-6-18)9-11-45-49(39,40)41)14-21(48(36,37)38)25(26(22)32)31-29-19-7-3-16(4-8-19)10-12-46-50(42,43)44/h1-8,13-14,32H,9-12,27H2,(H,33,34,35)(H,36,37,38)(H,39,40,41)(H,42,43,44). The zero-order valence-corrected chi connectivity index (χ0v) is 28.2. The van der Waals surface area contributed by atoms with Gasteiger partial charge in [0.2, 0.25) is 0 Å². The molecule has 0 saturated heterocycles. The minimum Gasteiger partial charge on any atom is -0.505 e. The van der Waals surface area contributed by atoms with Gasteiger partial charge in [0.25, 0.3) is 20.2 Å². The summed E-state index contributed by atoms with van der Waals surface area (Å²) in [5.41, 5.74) is 5.41. The molecule has 0 bridgehead atoms. The average Bonchev–Trinajstić information content (AvgIpc) is 2.99. The van der Waals surface area contributed by atoms with Gasteiger partial charge < -0.3 is 10.8 Å². The summed E-state index contributed by atoms with van der Waals surface area (Å²) in [5.74, 6) is -0.981. The fourth-order valence-corrected chi connectivity index (χ4v) is 6.22. The largest absolute Gasteiger partial charge is 0.505 e. The van der Waals surface area contributed by atoms with E-state index < -0.39 is 79.0 Å². The van der Waals surface area contributed by atoms with Crippen LogP contribution in [0.1, 0.15) is 11.1 Å². The highest BCUT2D eigenvalue weighted by atomic mass is 32.3. The van der Waals surface area contributed by atoms with Gasteiger partial charge in [0, 0.05) is 0 Å². The van der Waals surface area contributed by atoms with E-state index in [4.69, 9.17) is 14.8 Å². The van der Waals surface area contributed by atoms with Crippen LogP contribution in [-0.4, -0.2) is 70.2 Å². The summed E-state index contributed by atoms with van der Waals surface area (Å²) in [7, 11) is -19.5. The minimum atomic E-state index is -5.16. The van der Waals surface area contributed by atoms with Crippen molar-refractivity contribution in [2.24, 2.45) is 20.5 Å². The van der Waals surface area contributed by atoms with Crippen molar-refractivity contribution in [2.45, 2.75) is 22.6 Å². The fraction of sp³-hybridized carbons (Fsp3) is 0.154. The number of phenols is 1. The van der Waals surface area contributed by atoms with Gasteiger partial charge in [-0.2, -0.15) is 43.9 Å². The maximum atomic E-state index is 12.3. The van der Waals surface area contributed by atoms with Crippen molar-refractivity contribution in [1.29, 1.82) is 0 Å². The zero-order chi connectivity index (χ0) is 37.1. The molecule has 0 aliphatic heterocycles. The number of aromatic hydroxyl groups is 1. The van der Waals surface area contributed by atoms with Gasteiger partial charge in [-0.25, -0.2) is 8.37 Å². The Labute approximate surface area is 284 Å². The molecule has 0 atom stereocenters. The van der Waals surface area contributed by atoms with E-state index in [1.165, 1.54) is 48.5 Å². The number of hydrogen-bond acceptors (Lipinski definition) is 16. The van der Waals surface area contributed by atoms with Crippen molar-refractivity contribution in [3.8, 4) is 5.75 Å². The van der Waals surface area contributed by atoms with E-state index >= 15 is 0 Å². The van der Waals surface area contributed by atoms with Crippen LogP contribution in [0.5, 0.6) is 5.75 Å². The summed E-state index contributed by atoms with van der Waals surface area (Å²) in [4.78, 5) is -1.95. The highest BCUT2D eigenvalue weighted by molar-refractivity contribution is 7.86. The number of benzene rings is 4. The Morgan fingerprint density at radius 1 is 0.580 bits per heavy atom. The first-order chi connectivity index (χ1) is 23.1. The lowest BCUT2D eigenvalue weighted by atomic mass is 10.1. The molecule has 4 aromatic rings. The van der Waals surface area contributed by atoms with Crippen LogP contribution in [0, 0.1) is 0 Å². The van der Waals surface area contributed by atoms with Crippen molar-refractivity contribution in [1.82, 2.24) is 0 Å². The maximum absolute atomic E-state index is 12.3. The molecule has 0 heterocycles. The van der Waals surface area contributed by atoms with Gasteiger partial charge in [0.1, 0.15) is 21.2 Å². The number of phenolic OH excluding ortho intramolecular Hbond substituents is 1. The number of anilines is 1. The maximum Gasteiger partial charge on any atom is 0.397 e. The van der Waals surface area contributed by atoms with Crippen LogP contribution >= 0.6 is 0 Å². The van der Waals surface area contributed by atoms with Crippen LogP contribution < -0.4 is 5.73 Å². The SMILES string of the molecule is Nc1c(N=Nc2ccc(CCOS(=O)(=O)O)cc2)c(S(=O)(=O)O)cc2cc(S(=O)(=O)O)c(N=Nc3ccc(CCOS(=O)(=O)O)cc3)c(O)c12. The van der Waals surface area contributed by atoms with Gasteiger partial charge in [-0.3, -0.25) is 18.2 Å². The molecule has 268 valence electrons. The summed E-state index contributed by atoms with van der Waals surface area (Å²) in [6.45, 7) is -0.728. The number of fused-ring (bicyclic) bond motifs is 1. The molecule has 0 aliphatic carbocycles. The van der Waals surface area contributed by atoms with Crippen molar-refractivity contribution < 1.29 is 65.4 Å². The molecule has 24 heteroatoms. The fourth-order valence-electron chi connectivity index (χ4n) is 4.31. The molecule has 50 heavy (non-hydrogen) atoms. The first kappa shape index (κ1) is 38.3. The highest BCUT2D eigenvalue weighted by Gasteiger charge is 2.28. The molecule has 0 saturated carbocycles. The normalized spacial score (nSPS) is 13.1. The van der Waals surface area contributed by atoms with Crippen LogP contribution in [0.2, 0.25) is 0 Å². The Morgan fingerprint density at radius 3 is 1.34 bits per heavy atom. The van der Waals surface area contributed by atoms with E-state index in [0.717, 1.165) is 12.1 Å². The third kappa shape index (κ3) is 10.3. The van der Waals surface area contributed by atoms with E-state index in [2.05, 4.69) is 28.8 Å². The smallest absolute Gasteiger partial charge is 0.397 e. The van der Waals surface area contributed by atoms with Gasteiger partial charge in [0.05, 0.1) is 35.7 Å². The van der Waals surface area contributed by atoms with Crippen LogP contribution in [-0.2, 0) is 62.2 Å². The van der Waals surface area contributed by atoms with E-state index in [1.54, 1.807) is 0 Å². The number of nitrogen functional groups attached to an aromatic ring is 1. The molecule has 7 N–H and O–H groups in total. The zero-order valence-electron chi connectivity index (χ0n) is 24.9. The molecular weight excluding hydrogens is 751 g/mol. The monoisotopic (exact) mass is 775 g/mol. The van der Waals surface area contributed by atoms with Gasteiger partial charge in [-0.05, 0) is 65.8 Å².